The first-order valence-electron chi connectivity index (χ1n) is 6.63. The molecule has 5 nitrogen and oxygen atoms in total. The van der Waals surface area contributed by atoms with Gasteiger partial charge in [0.25, 0.3) is 5.91 Å². The lowest BCUT2D eigenvalue weighted by atomic mass is 10.2. The van der Waals surface area contributed by atoms with Gasteiger partial charge in [0.05, 0.1) is 28.4 Å². The summed E-state index contributed by atoms with van der Waals surface area (Å²) in [5, 5.41) is 5.82. The Morgan fingerprint density at radius 2 is 1.83 bits per heavy atom. The SMILES string of the molecule is COc1ccc(NC(=O)c2cccc(Cl)c2Cl)cc1NC(C)=O. The van der Waals surface area contributed by atoms with E-state index < -0.39 is 5.91 Å². The summed E-state index contributed by atoms with van der Waals surface area (Å²) in [5.74, 6) is -0.167. The summed E-state index contributed by atoms with van der Waals surface area (Å²) in [5.41, 5.74) is 1.20. The van der Waals surface area contributed by atoms with Crippen molar-refractivity contribution in [1.82, 2.24) is 0 Å². The van der Waals surface area contributed by atoms with Crippen molar-refractivity contribution in [1.29, 1.82) is 0 Å². The van der Waals surface area contributed by atoms with Crippen LogP contribution in [0.2, 0.25) is 10.0 Å². The molecule has 0 unspecified atom stereocenters. The Morgan fingerprint density at radius 3 is 2.48 bits per heavy atom. The number of carbonyl (C=O) groups excluding carboxylic acids is 2. The Morgan fingerprint density at radius 1 is 1.09 bits per heavy atom. The van der Waals surface area contributed by atoms with Gasteiger partial charge in [-0.3, -0.25) is 9.59 Å². The van der Waals surface area contributed by atoms with Gasteiger partial charge in [-0.1, -0.05) is 29.3 Å². The number of benzene rings is 2. The summed E-state index contributed by atoms with van der Waals surface area (Å²) in [6, 6.07) is 9.70. The van der Waals surface area contributed by atoms with E-state index in [9.17, 15) is 9.59 Å². The summed E-state index contributed by atoms with van der Waals surface area (Å²) >= 11 is 11.9. The molecular weight excluding hydrogens is 339 g/mol. The second-order valence-electron chi connectivity index (χ2n) is 4.65. The molecule has 0 atom stereocenters. The Bertz CT molecular complexity index is 763. The van der Waals surface area contributed by atoms with Crippen LogP contribution in [0.4, 0.5) is 11.4 Å². The van der Waals surface area contributed by atoms with E-state index in [1.807, 2.05) is 0 Å². The molecule has 2 amide bonds. The van der Waals surface area contributed by atoms with Gasteiger partial charge in [0.15, 0.2) is 0 Å². The average Bonchev–Trinajstić information content (AvgIpc) is 2.49. The van der Waals surface area contributed by atoms with E-state index in [1.54, 1.807) is 36.4 Å². The van der Waals surface area contributed by atoms with E-state index in [2.05, 4.69) is 10.6 Å². The van der Waals surface area contributed by atoms with Crippen LogP contribution in [0.25, 0.3) is 0 Å². The third-order valence-corrected chi connectivity index (χ3v) is 3.78. The largest absolute Gasteiger partial charge is 0.495 e. The van der Waals surface area contributed by atoms with Crippen LogP contribution in [0.5, 0.6) is 5.75 Å². The average molecular weight is 353 g/mol. The lowest BCUT2D eigenvalue weighted by Crippen LogP contribution is -2.13. The third-order valence-electron chi connectivity index (χ3n) is 2.96. The van der Waals surface area contributed by atoms with Crippen LogP contribution in [0.15, 0.2) is 36.4 Å². The van der Waals surface area contributed by atoms with Gasteiger partial charge in [-0.15, -0.1) is 0 Å². The molecule has 23 heavy (non-hydrogen) atoms. The summed E-state index contributed by atoms with van der Waals surface area (Å²) in [4.78, 5) is 23.5. The van der Waals surface area contributed by atoms with Crippen LogP contribution in [0.1, 0.15) is 17.3 Å². The van der Waals surface area contributed by atoms with Gasteiger partial charge in [-0.25, -0.2) is 0 Å². The Kier molecular flexibility index (Phi) is 5.47. The molecule has 120 valence electrons. The number of amides is 2. The molecule has 0 bridgehead atoms. The van der Waals surface area contributed by atoms with Crippen LogP contribution in [0.3, 0.4) is 0 Å². The first kappa shape index (κ1) is 17.1. The minimum atomic E-state index is -0.406. The summed E-state index contributed by atoms with van der Waals surface area (Å²) < 4.78 is 5.16. The molecule has 2 aromatic rings. The molecule has 0 aliphatic rings. The number of anilines is 2. The lowest BCUT2D eigenvalue weighted by molar-refractivity contribution is -0.114. The highest BCUT2D eigenvalue weighted by Crippen LogP contribution is 2.29. The van der Waals surface area contributed by atoms with Crippen LogP contribution >= 0.6 is 23.2 Å². The first-order valence-corrected chi connectivity index (χ1v) is 7.39. The molecule has 7 heteroatoms. The highest BCUT2D eigenvalue weighted by atomic mass is 35.5. The maximum absolute atomic E-state index is 12.3. The van der Waals surface area contributed by atoms with E-state index in [0.717, 1.165) is 0 Å². The summed E-state index contributed by atoms with van der Waals surface area (Å²) in [6.07, 6.45) is 0. The van der Waals surface area contributed by atoms with Crippen LogP contribution in [-0.4, -0.2) is 18.9 Å². The summed E-state index contributed by atoms with van der Waals surface area (Å²) in [7, 11) is 1.49. The number of ether oxygens (including phenoxy) is 1. The normalized spacial score (nSPS) is 10.1. The van der Waals surface area contributed by atoms with Gasteiger partial charge in [-0.2, -0.15) is 0 Å². The highest BCUT2D eigenvalue weighted by Gasteiger charge is 2.14. The maximum atomic E-state index is 12.3. The van der Waals surface area contributed by atoms with Crippen molar-refractivity contribution in [2.45, 2.75) is 6.92 Å². The number of hydrogen-bond acceptors (Lipinski definition) is 3. The zero-order valence-electron chi connectivity index (χ0n) is 12.4. The van der Waals surface area contributed by atoms with E-state index >= 15 is 0 Å². The quantitative estimate of drug-likeness (QED) is 0.865. The first-order chi connectivity index (χ1) is 10.9. The zero-order chi connectivity index (χ0) is 17.0. The van der Waals surface area contributed by atoms with Crippen molar-refractivity contribution in [3.8, 4) is 5.75 Å². The third kappa shape index (κ3) is 4.15. The number of nitrogens with one attached hydrogen (secondary N) is 2. The van der Waals surface area contributed by atoms with Crippen molar-refractivity contribution < 1.29 is 14.3 Å². The Labute approximate surface area is 143 Å². The molecule has 2 N–H and O–H groups in total. The van der Waals surface area contributed by atoms with E-state index in [0.29, 0.717) is 22.1 Å². The van der Waals surface area contributed by atoms with Crippen LogP contribution in [-0.2, 0) is 4.79 Å². The highest BCUT2D eigenvalue weighted by molar-refractivity contribution is 6.44. The molecule has 0 saturated carbocycles. The maximum Gasteiger partial charge on any atom is 0.257 e. The number of rotatable bonds is 4. The fraction of sp³-hybridized carbons (Fsp3) is 0.125. The van der Waals surface area contributed by atoms with Gasteiger partial charge in [0.1, 0.15) is 5.75 Å². The van der Waals surface area contributed by atoms with Crippen molar-refractivity contribution in [2.24, 2.45) is 0 Å². The molecule has 0 aliphatic carbocycles. The molecule has 0 radical (unpaired) electrons. The molecular formula is C16H14Cl2N2O3. The lowest BCUT2D eigenvalue weighted by Gasteiger charge is -2.12. The predicted octanol–water partition coefficient (Wildman–Crippen LogP) is 4.21. The van der Waals surface area contributed by atoms with Crippen LogP contribution in [0, 0.1) is 0 Å². The smallest absolute Gasteiger partial charge is 0.257 e. The van der Waals surface area contributed by atoms with Gasteiger partial charge in [0, 0.05) is 12.6 Å². The Balaban J connectivity index is 2.27. The monoisotopic (exact) mass is 352 g/mol. The van der Waals surface area contributed by atoms with Crippen LogP contribution < -0.4 is 15.4 Å². The van der Waals surface area contributed by atoms with Crippen molar-refractivity contribution in [2.75, 3.05) is 17.7 Å². The van der Waals surface area contributed by atoms with Crippen molar-refractivity contribution >= 4 is 46.4 Å². The number of methoxy groups -OCH3 is 1. The minimum absolute atomic E-state index is 0.183. The van der Waals surface area contributed by atoms with Crippen molar-refractivity contribution in [3.63, 3.8) is 0 Å². The fourth-order valence-corrected chi connectivity index (χ4v) is 2.34. The molecule has 0 aromatic heterocycles. The number of halogens is 2. The number of hydrogen-bond donors (Lipinski definition) is 2. The van der Waals surface area contributed by atoms with Gasteiger partial charge in [0.2, 0.25) is 5.91 Å². The minimum Gasteiger partial charge on any atom is -0.495 e. The zero-order valence-corrected chi connectivity index (χ0v) is 14.0. The molecule has 0 heterocycles. The van der Waals surface area contributed by atoms with E-state index in [-0.39, 0.29) is 16.5 Å². The second kappa shape index (κ2) is 7.35. The van der Waals surface area contributed by atoms with Crippen molar-refractivity contribution in [3.05, 3.63) is 52.0 Å². The molecule has 0 spiro atoms. The fourth-order valence-electron chi connectivity index (χ4n) is 1.95. The molecule has 0 fully saturated rings. The number of carbonyl (C=O) groups is 2. The van der Waals surface area contributed by atoms with Gasteiger partial charge < -0.3 is 15.4 Å². The molecule has 0 aliphatic heterocycles. The van der Waals surface area contributed by atoms with E-state index in [1.165, 1.54) is 14.0 Å². The second-order valence-corrected chi connectivity index (χ2v) is 5.44. The standard InChI is InChI=1S/C16H14Cl2N2O3/c1-9(21)19-13-8-10(6-7-14(13)23-2)20-16(22)11-4-3-5-12(17)15(11)18/h3-8H,1-2H3,(H,19,21)(H,20,22). The topological polar surface area (TPSA) is 67.4 Å². The molecule has 2 rings (SSSR count). The summed E-state index contributed by atoms with van der Waals surface area (Å²) in [6.45, 7) is 1.39. The van der Waals surface area contributed by atoms with Gasteiger partial charge in [-0.05, 0) is 30.3 Å². The molecule has 2 aromatic carbocycles. The van der Waals surface area contributed by atoms with Gasteiger partial charge >= 0.3 is 0 Å². The predicted molar refractivity (Wildman–Crippen MR) is 91.7 cm³/mol. The Hall–Kier alpha value is -2.24. The molecule has 0 saturated heterocycles. The van der Waals surface area contributed by atoms with E-state index in [4.69, 9.17) is 27.9 Å².